The molecule has 3 aliphatic heterocycles. The summed E-state index contributed by atoms with van der Waals surface area (Å²) in [6.07, 6.45) is 9.54. The molecule has 2 aromatic rings. The van der Waals surface area contributed by atoms with Crippen molar-refractivity contribution < 1.29 is 14.3 Å². The molecule has 0 bridgehead atoms. The van der Waals surface area contributed by atoms with Crippen LogP contribution in [-0.4, -0.2) is 54.0 Å². The largest absolute Gasteiger partial charge is 0.486 e. The van der Waals surface area contributed by atoms with Crippen LogP contribution in [0.3, 0.4) is 0 Å². The van der Waals surface area contributed by atoms with Crippen LogP contribution in [-0.2, 0) is 9.53 Å². The minimum absolute atomic E-state index is 0.107. The van der Waals surface area contributed by atoms with E-state index in [1.807, 2.05) is 42.5 Å². The van der Waals surface area contributed by atoms with Gasteiger partial charge in [-0.05, 0) is 56.8 Å². The molecule has 7 heteroatoms. The number of fused-ring (bicyclic) bond motifs is 1. The molecule has 1 aromatic carbocycles. The lowest BCUT2D eigenvalue weighted by Gasteiger charge is -2.32. The summed E-state index contributed by atoms with van der Waals surface area (Å²) >= 11 is 0. The standard InChI is InChI=1S/C26H28N4O3/c1-30-13-5-4-6-18(30)16-28-26(32)23-11-9-17(15-27-23)24-12-10-19(33-24)14-21-20-7-2-3-8-22(20)29-25(21)31/h2-3,7-9,11-12,14-15,18-19H,4-6,10,13,16H2,1H3,(H,28,32)(H,29,31)/b21-14+. The van der Waals surface area contributed by atoms with Crippen LogP contribution in [0.15, 0.2) is 54.7 Å². The zero-order valence-corrected chi connectivity index (χ0v) is 18.7. The van der Waals surface area contributed by atoms with E-state index in [9.17, 15) is 9.59 Å². The van der Waals surface area contributed by atoms with E-state index < -0.39 is 0 Å². The molecular formula is C26H28N4O3. The summed E-state index contributed by atoms with van der Waals surface area (Å²) in [6.45, 7) is 1.72. The molecule has 1 fully saturated rings. The molecule has 7 nitrogen and oxygen atoms in total. The van der Waals surface area contributed by atoms with E-state index in [0.717, 1.165) is 29.8 Å². The number of likely N-dealkylation sites (tertiary alicyclic amines) is 1. The summed E-state index contributed by atoms with van der Waals surface area (Å²) in [7, 11) is 2.11. The average molecular weight is 445 g/mol. The predicted octanol–water partition coefficient (Wildman–Crippen LogP) is 3.46. The third-order valence-electron chi connectivity index (χ3n) is 6.58. The highest BCUT2D eigenvalue weighted by molar-refractivity contribution is 6.31. The average Bonchev–Trinajstić information content (AvgIpc) is 3.43. The zero-order chi connectivity index (χ0) is 22.8. The highest BCUT2D eigenvalue weighted by Gasteiger charge is 2.27. The number of benzene rings is 1. The smallest absolute Gasteiger partial charge is 0.269 e. The number of rotatable bonds is 5. The minimum Gasteiger partial charge on any atom is -0.486 e. The molecule has 4 heterocycles. The number of hydrogen-bond donors (Lipinski definition) is 2. The summed E-state index contributed by atoms with van der Waals surface area (Å²) in [5.41, 5.74) is 3.58. The predicted molar refractivity (Wildman–Crippen MR) is 127 cm³/mol. The second-order valence-electron chi connectivity index (χ2n) is 8.81. The third-order valence-corrected chi connectivity index (χ3v) is 6.58. The lowest BCUT2D eigenvalue weighted by Crippen LogP contribution is -2.44. The topological polar surface area (TPSA) is 83.6 Å². The van der Waals surface area contributed by atoms with Gasteiger partial charge in [0.25, 0.3) is 11.8 Å². The van der Waals surface area contributed by atoms with Gasteiger partial charge < -0.3 is 20.3 Å². The molecule has 0 aliphatic carbocycles. The Balaban J connectivity index is 1.19. The number of likely N-dealkylation sites (N-methyl/N-ethyl adjacent to an activating group) is 1. The molecular weight excluding hydrogens is 416 g/mol. The number of carbonyl (C=O) groups excluding carboxylic acids is 2. The first kappa shape index (κ1) is 21.4. The molecule has 5 rings (SSSR count). The Morgan fingerprint density at radius 2 is 2.15 bits per heavy atom. The number of piperidine rings is 1. The molecule has 0 saturated carbocycles. The first-order valence-corrected chi connectivity index (χ1v) is 11.5. The number of para-hydroxylation sites is 1. The second-order valence-corrected chi connectivity index (χ2v) is 8.81. The van der Waals surface area contributed by atoms with Gasteiger partial charge in [-0.15, -0.1) is 0 Å². The third kappa shape index (κ3) is 4.54. The molecule has 2 N–H and O–H groups in total. The van der Waals surface area contributed by atoms with Gasteiger partial charge in [0.1, 0.15) is 17.6 Å². The molecule has 0 radical (unpaired) electrons. The Bertz CT molecular complexity index is 1120. The quantitative estimate of drug-likeness (QED) is 0.690. The fourth-order valence-electron chi connectivity index (χ4n) is 4.64. The van der Waals surface area contributed by atoms with E-state index >= 15 is 0 Å². The molecule has 170 valence electrons. The number of ether oxygens (including phenoxy) is 1. The van der Waals surface area contributed by atoms with Crippen molar-refractivity contribution in [2.75, 3.05) is 25.5 Å². The van der Waals surface area contributed by atoms with Crippen molar-refractivity contribution in [2.45, 2.75) is 37.8 Å². The monoisotopic (exact) mass is 444 g/mol. The van der Waals surface area contributed by atoms with Gasteiger partial charge >= 0.3 is 0 Å². The van der Waals surface area contributed by atoms with Gasteiger partial charge in [0.15, 0.2) is 0 Å². The van der Waals surface area contributed by atoms with Crippen LogP contribution >= 0.6 is 0 Å². The van der Waals surface area contributed by atoms with Crippen molar-refractivity contribution in [3.05, 3.63) is 71.6 Å². The molecule has 2 atom stereocenters. The number of anilines is 1. The second kappa shape index (κ2) is 9.19. The molecule has 2 unspecified atom stereocenters. The van der Waals surface area contributed by atoms with Crippen LogP contribution in [0, 0.1) is 0 Å². The molecule has 33 heavy (non-hydrogen) atoms. The fourth-order valence-corrected chi connectivity index (χ4v) is 4.64. The van der Waals surface area contributed by atoms with E-state index in [1.165, 1.54) is 12.8 Å². The number of aromatic nitrogens is 1. The molecule has 2 amide bonds. The zero-order valence-electron chi connectivity index (χ0n) is 18.7. The van der Waals surface area contributed by atoms with Crippen molar-refractivity contribution in [3.8, 4) is 0 Å². The summed E-state index contributed by atoms with van der Waals surface area (Å²) in [5, 5.41) is 5.90. The van der Waals surface area contributed by atoms with E-state index in [4.69, 9.17) is 4.74 Å². The van der Waals surface area contributed by atoms with E-state index in [2.05, 4.69) is 27.6 Å². The van der Waals surface area contributed by atoms with E-state index in [1.54, 1.807) is 12.3 Å². The molecule has 1 aromatic heterocycles. The van der Waals surface area contributed by atoms with Gasteiger partial charge in [0, 0.05) is 47.6 Å². The number of amides is 2. The van der Waals surface area contributed by atoms with Crippen molar-refractivity contribution in [1.29, 1.82) is 0 Å². The van der Waals surface area contributed by atoms with E-state index in [-0.39, 0.29) is 17.9 Å². The molecule has 1 saturated heterocycles. The lowest BCUT2D eigenvalue weighted by molar-refractivity contribution is -0.110. The Hall–Kier alpha value is -3.45. The van der Waals surface area contributed by atoms with Crippen LogP contribution in [0.5, 0.6) is 0 Å². The lowest BCUT2D eigenvalue weighted by atomic mass is 10.0. The highest BCUT2D eigenvalue weighted by Crippen LogP contribution is 2.34. The van der Waals surface area contributed by atoms with Gasteiger partial charge in [0.2, 0.25) is 0 Å². The number of nitrogens with one attached hydrogen (secondary N) is 2. The number of nitrogens with zero attached hydrogens (tertiary/aromatic N) is 2. The van der Waals surface area contributed by atoms with Crippen LogP contribution in [0.2, 0.25) is 0 Å². The van der Waals surface area contributed by atoms with Gasteiger partial charge in [-0.1, -0.05) is 24.6 Å². The highest BCUT2D eigenvalue weighted by atomic mass is 16.5. The Morgan fingerprint density at radius 3 is 2.97 bits per heavy atom. The summed E-state index contributed by atoms with van der Waals surface area (Å²) in [4.78, 5) is 31.5. The SMILES string of the molecule is CN1CCCCC1CNC(=O)c1ccc(C2=CCC(/C=C3/C(=O)Nc4ccccc43)O2)cn1. The fraction of sp³-hybridized carbons (Fsp3) is 0.346. The van der Waals surface area contributed by atoms with Gasteiger partial charge in [-0.2, -0.15) is 0 Å². The summed E-state index contributed by atoms with van der Waals surface area (Å²) < 4.78 is 6.07. The Morgan fingerprint density at radius 1 is 1.27 bits per heavy atom. The van der Waals surface area contributed by atoms with Gasteiger partial charge in [-0.3, -0.25) is 14.6 Å². The maximum Gasteiger partial charge on any atom is 0.269 e. The minimum atomic E-state index is -0.220. The normalized spacial score (nSPS) is 23.6. The van der Waals surface area contributed by atoms with E-state index in [0.29, 0.717) is 36.0 Å². The molecule has 0 spiro atoms. The van der Waals surface area contributed by atoms with Crippen LogP contribution in [0.4, 0.5) is 5.69 Å². The van der Waals surface area contributed by atoms with Crippen LogP contribution in [0.1, 0.15) is 47.3 Å². The number of hydrogen-bond acceptors (Lipinski definition) is 5. The summed E-state index contributed by atoms with van der Waals surface area (Å²) in [6, 6.07) is 11.6. The summed E-state index contributed by atoms with van der Waals surface area (Å²) in [5.74, 6) is 0.451. The van der Waals surface area contributed by atoms with Gasteiger partial charge in [-0.25, -0.2) is 0 Å². The van der Waals surface area contributed by atoms with Crippen LogP contribution < -0.4 is 10.6 Å². The van der Waals surface area contributed by atoms with Crippen molar-refractivity contribution >= 4 is 28.8 Å². The Labute approximate surface area is 193 Å². The van der Waals surface area contributed by atoms with Crippen molar-refractivity contribution in [1.82, 2.24) is 15.2 Å². The Kier molecular flexibility index (Phi) is 5.96. The maximum absolute atomic E-state index is 12.5. The molecule has 3 aliphatic rings. The first-order valence-electron chi connectivity index (χ1n) is 11.5. The number of pyridine rings is 1. The van der Waals surface area contributed by atoms with Crippen molar-refractivity contribution in [2.24, 2.45) is 0 Å². The van der Waals surface area contributed by atoms with Crippen LogP contribution in [0.25, 0.3) is 11.3 Å². The van der Waals surface area contributed by atoms with Gasteiger partial charge in [0.05, 0.1) is 0 Å². The maximum atomic E-state index is 12.5. The number of carbonyl (C=O) groups is 2. The van der Waals surface area contributed by atoms with Crippen molar-refractivity contribution in [3.63, 3.8) is 0 Å². The first-order chi connectivity index (χ1) is 16.1.